The van der Waals surface area contributed by atoms with Gasteiger partial charge in [-0.2, -0.15) is 0 Å². The van der Waals surface area contributed by atoms with Crippen LogP contribution in [0.4, 0.5) is 0 Å². The van der Waals surface area contributed by atoms with Crippen LogP contribution < -0.4 is 5.73 Å². The van der Waals surface area contributed by atoms with Gasteiger partial charge >= 0.3 is 5.97 Å². The van der Waals surface area contributed by atoms with Gasteiger partial charge < -0.3 is 21.4 Å². The maximum absolute atomic E-state index is 10.5. The summed E-state index contributed by atoms with van der Waals surface area (Å²) in [5, 5.41) is 8.28. The Morgan fingerprint density at radius 2 is 2.09 bits per heavy atom. The number of aliphatic carboxylic acids is 1. The highest BCUT2D eigenvalue weighted by Gasteiger charge is 2.11. The summed E-state index contributed by atoms with van der Waals surface area (Å²) in [5.74, 6) is -1.38. The third-order valence-electron chi connectivity index (χ3n) is 1.25. The van der Waals surface area contributed by atoms with E-state index in [1.807, 2.05) is 0 Å². The molecule has 0 bridgehead atoms. The van der Waals surface area contributed by atoms with Crippen molar-refractivity contribution in [3.63, 3.8) is 0 Å². The molecule has 5 nitrogen and oxygen atoms in total. The van der Waals surface area contributed by atoms with Crippen molar-refractivity contribution in [2.45, 2.75) is 18.9 Å². The molecule has 1 unspecified atom stereocenters. The summed E-state index contributed by atoms with van der Waals surface area (Å²) < 4.78 is 0. The number of hydrogen-bond donors (Lipinski definition) is 2. The van der Waals surface area contributed by atoms with Crippen molar-refractivity contribution in [3.8, 4) is 0 Å². The Morgan fingerprint density at radius 3 is 2.45 bits per heavy atom. The van der Waals surface area contributed by atoms with E-state index in [1.165, 1.54) is 0 Å². The molecule has 0 aromatic heterocycles. The molecule has 0 aromatic carbocycles. The minimum Gasteiger partial charge on any atom is -0.671 e. The zero-order valence-corrected chi connectivity index (χ0v) is 6.04. The van der Waals surface area contributed by atoms with Crippen LogP contribution in [0.5, 0.6) is 0 Å². The standard InChI is InChI=1S/C6H11N2O3/c7-3-4(9)1-2-5(8)6(10)11/h5,7H,1-3,8H2,(H,10,11)/q-1. The van der Waals surface area contributed by atoms with Gasteiger partial charge in [0.25, 0.3) is 0 Å². The van der Waals surface area contributed by atoms with E-state index in [1.54, 1.807) is 0 Å². The molecule has 0 saturated heterocycles. The highest BCUT2D eigenvalue weighted by atomic mass is 16.4. The van der Waals surface area contributed by atoms with Crippen molar-refractivity contribution < 1.29 is 14.7 Å². The van der Waals surface area contributed by atoms with E-state index >= 15 is 0 Å². The van der Waals surface area contributed by atoms with Crippen LogP contribution in [0.15, 0.2) is 0 Å². The Labute approximate surface area is 64.4 Å². The van der Waals surface area contributed by atoms with Gasteiger partial charge in [0.1, 0.15) is 11.8 Å². The van der Waals surface area contributed by atoms with E-state index < -0.39 is 12.0 Å². The first-order valence-electron chi connectivity index (χ1n) is 3.22. The zero-order valence-electron chi connectivity index (χ0n) is 6.04. The minimum atomic E-state index is -1.11. The van der Waals surface area contributed by atoms with E-state index in [4.69, 9.17) is 16.6 Å². The average Bonchev–Trinajstić information content (AvgIpc) is 1.99. The second kappa shape index (κ2) is 4.81. The smallest absolute Gasteiger partial charge is 0.320 e. The number of nitrogens with two attached hydrogens (primary N) is 1. The lowest BCUT2D eigenvalue weighted by Gasteiger charge is -2.05. The van der Waals surface area contributed by atoms with Crippen LogP contribution in [0.2, 0.25) is 0 Å². The van der Waals surface area contributed by atoms with Crippen LogP contribution in [-0.2, 0) is 9.59 Å². The van der Waals surface area contributed by atoms with Gasteiger partial charge in [-0.05, 0) is 6.42 Å². The lowest BCUT2D eigenvalue weighted by Crippen LogP contribution is -2.30. The number of carbonyl (C=O) groups is 2. The summed E-state index contributed by atoms with van der Waals surface area (Å²) in [4.78, 5) is 20.6. The molecule has 0 spiro atoms. The van der Waals surface area contributed by atoms with E-state index in [-0.39, 0.29) is 25.2 Å². The molecule has 0 aliphatic rings. The number of carboxylic acids is 1. The quantitative estimate of drug-likeness (QED) is 0.579. The van der Waals surface area contributed by atoms with Crippen LogP contribution in [0, 0.1) is 0 Å². The van der Waals surface area contributed by atoms with E-state index in [0.717, 1.165) is 0 Å². The molecular formula is C6H11N2O3-. The molecule has 0 fully saturated rings. The monoisotopic (exact) mass is 159 g/mol. The number of Topliss-reactive ketones (excluding diaryl/α,β-unsaturated/α-hetero) is 1. The van der Waals surface area contributed by atoms with Crippen LogP contribution in [0.3, 0.4) is 0 Å². The van der Waals surface area contributed by atoms with Gasteiger partial charge in [0, 0.05) is 6.42 Å². The molecule has 0 aromatic rings. The molecule has 0 aliphatic heterocycles. The van der Waals surface area contributed by atoms with Crippen LogP contribution in [0.25, 0.3) is 5.73 Å². The molecule has 0 amide bonds. The summed E-state index contributed by atoms with van der Waals surface area (Å²) in [6.07, 6.45) is 0.198. The molecule has 64 valence electrons. The first-order valence-corrected chi connectivity index (χ1v) is 3.22. The second-order valence-electron chi connectivity index (χ2n) is 2.20. The molecule has 4 N–H and O–H groups in total. The highest BCUT2D eigenvalue weighted by molar-refractivity contribution is 5.82. The maximum atomic E-state index is 10.5. The van der Waals surface area contributed by atoms with Crippen molar-refractivity contribution in [1.29, 1.82) is 0 Å². The highest BCUT2D eigenvalue weighted by Crippen LogP contribution is 1.95. The molecular weight excluding hydrogens is 148 g/mol. The first-order chi connectivity index (χ1) is 5.07. The van der Waals surface area contributed by atoms with Gasteiger partial charge in [-0.15, -0.1) is 0 Å². The Kier molecular flexibility index (Phi) is 4.40. The lowest BCUT2D eigenvalue weighted by atomic mass is 10.1. The zero-order chi connectivity index (χ0) is 8.85. The average molecular weight is 159 g/mol. The van der Waals surface area contributed by atoms with Crippen LogP contribution in [0.1, 0.15) is 12.8 Å². The fourth-order valence-corrected chi connectivity index (χ4v) is 0.528. The van der Waals surface area contributed by atoms with E-state index in [9.17, 15) is 9.59 Å². The van der Waals surface area contributed by atoms with Crippen LogP contribution in [-0.4, -0.2) is 29.4 Å². The molecule has 1 atom stereocenters. The molecule has 0 saturated carbocycles. The summed E-state index contributed by atoms with van der Waals surface area (Å²) in [6.45, 7) is -0.299. The Balaban J connectivity index is 3.54. The third kappa shape index (κ3) is 4.46. The van der Waals surface area contributed by atoms with Gasteiger partial charge in [0.15, 0.2) is 0 Å². The Bertz CT molecular complexity index is 158. The van der Waals surface area contributed by atoms with Gasteiger partial charge in [-0.1, -0.05) is 6.54 Å². The lowest BCUT2D eigenvalue weighted by molar-refractivity contribution is -0.138. The van der Waals surface area contributed by atoms with Crippen molar-refractivity contribution >= 4 is 11.8 Å². The fraction of sp³-hybridized carbons (Fsp3) is 0.667. The number of hydrogen-bond acceptors (Lipinski definition) is 3. The SMILES string of the molecule is [NH-]CC(=O)CCC(N)C(=O)O. The third-order valence-corrected chi connectivity index (χ3v) is 1.25. The van der Waals surface area contributed by atoms with Crippen LogP contribution >= 0.6 is 0 Å². The number of carbonyl (C=O) groups excluding carboxylic acids is 1. The van der Waals surface area contributed by atoms with Gasteiger partial charge in [0.2, 0.25) is 0 Å². The summed E-state index contributed by atoms with van der Waals surface area (Å²) in [6, 6.07) is -0.981. The largest absolute Gasteiger partial charge is 0.671 e. The van der Waals surface area contributed by atoms with Gasteiger partial charge in [-0.25, -0.2) is 0 Å². The molecule has 0 radical (unpaired) electrons. The first kappa shape index (κ1) is 10.1. The van der Waals surface area contributed by atoms with Crippen molar-refractivity contribution in [2.24, 2.45) is 5.73 Å². The predicted octanol–water partition coefficient (Wildman–Crippen LogP) is -0.200. The number of rotatable bonds is 5. The van der Waals surface area contributed by atoms with Gasteiger partial charge in [-0.3, -0.25) is 4.79 Å². The fourth-order valence-electron chi connectivity index (χ4n) is 0.528. The van der Waals surface area contributed by atoms with E-state index in [0.29, 0.717) is 0 Å². The molecule has 0 aliphatic carbocycles. The van der Waals surface area contributed by atoms with Crippen molar-refractivity contribution in [3.05, 3.63) is 5.73 Å². The Hall–Kier alpha value is -0.940. The summed E-state index contributed by atoms with van der Waals surface area (Å²) in [7, 11) is 0. The Morgan fingerprint density at radius 1 is 1.55 bits per heavy atom. The summed E-state index contributed by atoms with van der Waals surface area (Å²) >= 11 is 0. The molecule has 5 heteroatoms. The molecule has 0 rings (SSSR count). The van der Waals surface area contributed by atoms with Crippen molar-refractivity contribution in [2.75, 3.05) is 6.54 Å². The minimum absolute atomic E-state index is 0.0803. The predicted molar refractivity (Wildman–Crippen MR) is 39.0 cm³/mol. The van der Waals surface area contributed by atoms with Crippen molar-refractivity contribution in [1.82, 2.24) is 0 Å². The molecule has 11 heavy (non-hydrogen) atoms. The van der Waals surface area contributed by atoms with E-state index in [2.05, 4.69) is 0 Å². The summed E-state index contributed by atoms with van der Waals surface area (Å²) in [5.41, 5.74) is 11.7. The number of ketones is 1. The second-order valence-corrected chi connectivity index (χ2v) is 2.20. The number of nitrogens with one attached hydrogen (secondary N) is 1. The van der Waals surface area contributed by atoms with Gasteiger partial charge in [0.05, 0.1) is 0 Å². The topological polar surface area (TPSA) is 104 Å². The molecule has 0 heterocycles. The normalized spacial score (nSPS) is 12.5. The maximum Gasteiger partial charge on any atom is 0.320 e. The number of carboxylic acid groups (broad SMARTS) is 1.